The van der Waals surface area contributed by atoms with Crippen LogP contribution in [0.2, 0.25) is 0 Å². The Kier molecular flexibility index (Phi) is 7.14. The molecule has 0 saturated heterocycles. The van der Waals surface area contributed by atoms with Gasteiger partial charge in [0.25, 0.3) is 0 Å². The van der Waals surface area contributed by atoms with Gasteiger partial charge < -0.3 is 0 Å². The summed E-state index contributed by atoms with van der Waals surface area (Å²) >= 11 is 3.23. The average molecular weight is 289 g/mol. The second-order valence-corrected chi connectivity index (χ2v) is 5.58. The van der Waals surface area contributed by atoms with E-state index in [1.54, 1.807) is 0 Å². The predicted molar refractivity (Wildman–Crippen MR) is 72.9 cm³/mol. The van der Waals surface area contributed by atoms with Gasteiger partial charge in [0.15, 0.2) is 0 Å². The first-order valence-corrected chi connectivity index (χ1v) is 7.69. The molecule has 1 fully saturated rings. The van der Waals surface area contributed by atoms with E-state index in [2.05, 4.69) is 39.6 Å². The zero-order valence-electron chi connectivity index (χ0n) is 10.8. The standard InChI is InChI=1S/C13H26N2Se/c1-3-10-15(11-4-2)13(16)14-12-8-6-5-7-9-12/h12H,3-11H2,1-2H3,(H,14,16). The van der Waals surface area contributed by atoms with Crippen molar-refractivity contribution in [1.82, 2.24) is 10.2 Å². The molecule has 0 amide bonds. The van der Waals surface area contributed by atoms with Crippen molar-refractivity contribution >= 4 is 20.2 Å². The van der Waals surface area contributed by atoms with Crippen LogP contribution in [0.1, 0.15) is 58.8 Å². The van der Waals surface area contributed by atoms with Gasteiger partial charge in [-0.3, -0.25) is 0 Å². The van der Waals surface area contributed by atoms with Crippen LogP contribution in [-0.2, 0) is 0 Å². The summed E-state index contributed by atoms with van der Waals surface area (Å²) in [6.07, 6.45) is 9.34. The summed E-state index contributed by atoms with van der Waals surface area (Å²) in [6, 6.07) is 0.709. The van der Waals surface area contributed by atoms with Crippen molar-refractivity contribution < 1.29 is 0 Å². The van der Waals surface area contributed by atoms with E-state index in [1.165, 1.54) is 49.6 Å². The molecular weight excluding hydrogens is 263 g/mol. The van der Waals surface area contributed by atoms with Crippen molar-refractivity contribution in [1.29, 1.82) is 0 Å². The Bertz CT molecular complexity index is 194. The topological polar surface area (TPSA) is 15.3 Å². The maximum atomic E-state index is 3.68. The van der Waals surface area contributed by atoms with Crippen LogP contribution in [0.25, 0.3) is 0 Å². The Morgan fingerprint density at radius 1 is 1.12 bits per heavy atom. The quantitative estimate of drug-likeness (QED) is 0.723. The van der Waals surface area contributed by atoms with Gasteiger partial charge in [-0.25, -0.2) is 0 Å². The van der Waals surface area contributed by atoms with Crippen LogP contribution in [0.5, 0.6) is 0 Å². The summed E-state index contributed by atoms with van der Waals surface area (Å²) < 4.78 is 1.27. The Morgan fingerprint density at radius 2 is 1.69 bits per heavy atom. The van der Waals surface area contributed by atoms with Crippen molar-refractivity contribution in [2.75, 3.05) is 13.1 Å². The molecule has 0 aromatic carbocycles. The average Bonchev–Trinajstić information content (AvgIpc) is 2.30. The first-order valence-electron chi connectivity index (χ1n) is 6.83. The van der Waals surface area contributed by atoms with Crippen molar-refractivity contribution in [2.24, 2.45) is 0 Å². The van der Waals surface area contributed by atoms with Crippen LogP contribution in [0.4, 0.5) is 0 Å². The summed E-state index contributed by atoms with van der Waals surface area (Å²) in [6.45, 7) is 6.82. The third kappa shape index (κ3) is 4.88. The van der Waals surface area contributed by atoms with E-state index in [4.69, 9.17) is 0 Å². The molecule has 1 N–H and O–H groups in total. The summed E-state index contributed by atoms with van der Waals surface area (Å²) in [5.41, 5.74) is 0. The van der Waals surface area contributed by atoms with Gasteiger partial charge in [0.1, 0.15) is 0 Å². The molecule has 2 nitrogen and oxygen atoms in total. The van der Waals surface area contributed by atoms with Gasteiger partial charge in [0.2, 0.25) is 0 Å². The summed E-state index contributed by atoms with van der Waals surface area (Å²) in [5.74, 6) is 0. The van der Waals surface area contributed by atoms with E-state index in [0.29, 0.717) is 6.04 Å². The molecule has 0 radical (unpaired) electrons. The molecule has 0 bridgehead atoms. The minimum absolute atomic E-state index is 0.709. The third-order valence-electron chi connectivity index (χ3n) is 3.21. The number of nitrogens with one attached hydrogen (secondary N) is 1. The molecule has 0 aromatic rings. The number of hydrogen-bond donors (Lipinski definition) is 1. The molecule has 0 atom stereocenters. The molecule has 94 valence electrons. The maximum absolute atomic E-state index is 3.68. The Labute approximate surface area is 109 Å². The van der Waals surface area contributed by atoms with Gasteiger partial charge in [-0.2, -0.15) is 0 Å². The van der Waals surface area contributed by atoms with Gasteiger partial charge in [-0.15, -0.1) is 0 Å². The molecule has 16 heavy (non-hydrogen) atoms. The van der Waals surface area contributed by atoms with E-state index in [-0.39, 0.29) is 0 Å². The Morgan fingerprint density at radius 3 is 2.19 bits per heavy atom. The molecule has 1 aliphatic carbocycles. The fourth-order valence-electron chi connectivity index (χ4n) is 2.37. The van der Waals surface area contributed by atoms with E-state index >= 15 is 0 Å². The Balaban J connectivity index is 2.34. The SMILES string of the molecule is CCCN(CCC)C(=[Se])NC1CCCCC1. The molecule has 0 spiro atoms. The van der Waals surface area contributed by atoms with E-state index in [9.17, 15) is 0 Å². The van der Waals surface area contributed by atoms with Crippen molar-refractivity contribution in [3.63, 3.8) is 0 Å². The van der Waals surface area contributed by atoms with Crippen LogP contribution in [0.3, 0.4) is 0 Å². The molecule has 3 heteroatoms. The van der Waals surface area contributed by atoms with E-state index in [0.717, 1.165) is 13.1 Å². The van der Waals surface area contributed by atoms with Crippen LogP contribution in [-0.4, -0.2) is 44.3 Å². The molecular formula is C13H26N2Se. The molecule has 1 rings (SSSR count). The molecule has 1 aliphatic rings. The fraction of sp³-hybridized carbons (Fsp3) is 0.923. The van der Waals surface area contributed by atoms with Crippen LogP contribution < -0.4 is 5.32 Å². The van der Waals surface area contributed by atoms with Crippen LogP contribution >= 0.6 is 0 Å². The molecule has 0 aliphatic heterocycles. The van der Waals surface area contributed by atoms with Gasteiger partial charge in [-0.05, 0) is 0 Å². The summed E-state index contributed by atoms with van der Waals surface area (Å²) in [5, 5.41) is 3.68. The van der Waals surface area contributed by atoms with E-state index < -0.39 is 0 Å². The predicted octanol–water partition coefficient (Wildman–Crippen LogP) is 2.29. The fourth-order valence-corrected chi connectivity index (χ4v) is 3.10. The van der Waals surface area contributed by atoms with Crippen molar-refractivity contribution in [3.05, 3.63) is 0 Å². The Hall–Kier alpha value is -0.0105. The number of hydrogen-bond acceptors (Lipinski definition) is 2. The monoisotopic (exact) mass is 290 g/mol. The molecule has 0 aromatic heterocycles. The van der Waals surface area contributed by atoms with Crippen LogP contribution in [0, 0.1) is 0 Å². The van der Waals surface area contributed by atoms with Gasteiger partial charge in [0.05, 0.1) is 0 Å². The third-order valence-corrected chi connectivity index (χ3v) is 4.00. The van der Waals surface area contributed by atoms with Crippen molar-refractivity contribution in [3.8, 4) is 0 Å². The summed E-state index contributed by atoms with van der Waals surface area (Å²) in [4.78, 5) is 2.45. The molecule has 0 unspecified atom stereocenters. The van der Waals surface area contributed by atoms with Gasteiger partial charge >= 0.3 is 108 Å². The normalized spacial score (nSPS) is 17.1. The first-order chi connectivity index (χ1) is 7.77. The zero-order valence-corrected chi connectivity index (χ0v) is 12.5. The van der Waals surface area contributed by atoms with Crippen molar-refractivity contribution in [2.45, 2.75) is 64.8 Å². The number of rotatable bonds is 7. The van der Waals surface area contributed by atoms with E-state index in [1.807, 2.05) is 0 Å². The minimum atomic E-state index is 0.709. The van der Waals surface area contributed by atoms with Gasteiger partial charge in [-0.1, -0.05) is 0 Å². The summed E-state index contributed by atoms with van der Waals surface area (Å²) in [7, 11) is 0. The van der Waals surface area contributed by atoms with Gasteiger partial charge in [0, 0.05) is 0 Å². The zero-order chi connectivity index (χ0) is 11.8. The molecule has 0 heterocycles. The second kappa shape index (κ2) is 8.14. The van der Waals surface area contributed by atoms with Crippen LogP contribution in [0.15, 0.2) is 0 Å². The molecule has 1 saturated carbocycles. The second-order valence-electron chi connectivity index (χ2n) is 4.77. The first kappa shape index (κ1) is 14.1. The number of nitrogens with zero attached hydrogens (tertiary/aromatic N) is 1.